The van der Waals surface area contributed by atoms with E-state index in [-0.39, 0.29) is 23.2 Å². The molecule has 4 bridgehead atoms. The first-order chi connectivity index (χ1) is 30.8. The maximum atomic E-state index is 14.9. The van der Waals surface area contributed by atoms with Crippen molar-refractivity contribution in [3.63, 3.8) is 0 Å². The number of carbonyl (C=O) groups excluding carboxylic acids is 9. The van der Waals surface area contributed by atoms with Crippen molar-refractivity contribution in [1.82, 2.24) is 4.98 Å². The lowest BCUT2D eigenvalue weighted by Crippen LogP contribution is -2.89. The zero-order chi connectivity index (χ0) is 48.7. The maximum absolute atomic E-state index is 14.9. The number of aliphatic hydroxyl groups is 1. The van der Waals surface area contributed by atoms with Crippen LogP contribution >= 0.6 is 0 Å². The predicted molar refractivity (Wildman–Crippen MR) is 216 cm³/mol. The molecule has 2 unspecified atom stereocenters. The molecule has 66 heavy (non-hydrogen) atoms. The fourth-order valence-electron chi connectivity index (χ4n) is 10.1. The van der Waals surface area contributed by atoms with E-state index in [9.17, 15) is 48.3 Å². The summed E-state index contributed by atoms with van der Waals surface area (Å²) in [7, 11) is 0. The summed E-state index contributed by atoms with van der Waals surface area (Å²) < 4.78 is 61.0. The highest BCUT2D eigenvalue weighted by Gasteiger charge is 2.92. The van der Waals surface area contributed by atoms with Crippen LogP contribution in [0, 0.1) is 11.3 Å². The van der Waals surface area contributed by atoms with Crippen molar-refractivity contribution in [2.45, 2.75) is 134 Å². The van der Waals surface area contributed by atoms with Crippen LogP contribution in [-0.2, 0) is 87.4 Å². The molecule has 3 heterocycles. The fourth-order valence-corrected chi connectivity index (χ4v) is 10.1. The maximum Gasteiger partial charge on any atom is 0.350 e. The molecular formula is C45H51NO20. The SMILES string of the molecule is CC(=O)OC[C@]12[C@H](OC(C)=O)C(OC(C)=O)[C@@H]3[C@@H](OC(=O)c4ccccc4)[C@@]14O[C@@]3(C)COC(=O)c1cccnc1CCC(C)(OC(C)=O)C(=O)O[C@@H]([C@H](OC(C)=O)[C@@H]2OC(C)=O)[C@]4(C)O. The highest BCUT2D eigenvalue weighted by molar-refractivity contribution is 5.91. The summed E-state index contributed by atoms with van der Waals surface area (Å²) >= 11 is 0. The second kappa shape index (κ2) is 18.1. The molecule has 2 aliphatic carbocycles. The third-order valence-electron chi connectivity index (χ3n) is 12.5. The van der Waals surface area contributed by atoms with Gasteiger partial charge in [-0.3, -0.25) is 33.8 Å². The molecule has 2 saturated carbocycles. The van der Waals surface area contributed by atoms with Gasteiger partial charge in [0.25, 0.3) is 0 Å². The Hall–Kier alpha value is -6.48. The first kappa shape index (κ1) is 49.0. The minimum atomic E-state index is -3.03. The van der Waals surface area contributed by atoms with E-state index in [1.165, 1.54) is 56.4 Å². The van der Waals surface area contributed by atoms with Crippen LogP contribution in [-0.4, -0.2) is 136 Å². The van der Waals surface area contributed by atoms with Crippen LogP contribution < -0.4 is 0 Å². The Labute approximate surface area is 377 Å². The number of pyridine rings is 1. The van der Waals surface area contributed by atoms with Gasteiger partial charge in [-0.25, -0.2) is 14.4 Å². The number of benzene rings is 1. The van der Waals surface area contributed by atoms with E-state index in [4.69, 9.17) is 47.4 Å². The van der Waals surface area contributed by atoms with E-state index in [1.807, 2.05) is 0 Å². The van der Waals surface area contributed by atoms with Gasteiger partial charge in [-0.2, -0.15) is 0 Å². The predicted octanol–water partition coefficient (Wildman–Crippen LogP) is 1.84. The second-order valence-corrected chi connectivity index (χ2v) is 17.3. The lowest BCUT2D eigenvalue weighted by atomic mass is 9.45. The molecule has 3 fully saturated rings. The first-order valence-electron chi connectivity index (χ1n) is 20.9. The third-order valence-corrected chi connectivity index (χ3v) is 12.5. The molecule has 0 amide bonds. The molecule has 4 aliphatic rings. The van der Waals surface area contributed by atoms with E-state index in [0.717, 1.165) is 48.5 Å². The van der Waals surface area contributed by atoms with Crippen LogP contribution in [0.25, 0.3) is 0 Å². The highest BCUT2D eigenvalue weighted by atomic mass is 16.7. The van der Waals surface area contributed by atoms with Gasteiger partial charge in [-0.1, -0.05) is 18.2 Å². The molecule has 1 N–H and O–H groups in total. The smallest absolute Gasteiger partial charge is 0.350 e. The number of fused-ring (bicyclic) bond motifs is 5. The number of aryl methyl sites for hydroxylation is 1. The molecule has 12 atom stereocenters. The Kier molecular flexibility index (Phi) is 13.4. The average molecular weight is 926 g/mol. The van der Waals surface area contributed by atoms with Gasteiger partial charge >= 0.3 is 53.7 Å². The molecule has 6 rings (SSSR count). The quantitative estimate of drug-likeness (QED) is 0.277. The molecule has 0 radical (unpaired) electrons. The molecular weight excluding hydrogens is 874 g/mol. The van der Waals surface area contributed by atoms with Crippen molar-refractivity contribution in [3.8, 4) is 0 Å². The molecule has 1 aromatic heterocycles. The Morgan fingerprint density at radius 1 is 0.727 bits per heavy atom. The average Bonchev–Trinajstić information content (AvgIpc) is 3.45. The largest absolute Gasteiger partial charge is 0.465 e. The molecule has 21 heteroatoms. The summed E-state index contributed by atoms with van der Waals surface area (Å²) in [6, 6.07) is 10.2. The van der Waals surface area contributed by atoms with E-state index < -0.39 is 144 Å². The molecule has 1 aromatic carbocycles. The highest BCUT2D eigenvalue weighted by Crippen LogP contribution is 2.70. The van der Waals surface area contributed by atoms with E-state index in [1.54, 1.807) is 6.07 Å². The number of esters is 9. The topological polar surface area (TPSA) is 279 Å². The van der Waals surface area contributed by atoms with Gasteiger partial charge in [0.2, 0.25) is 5.60 Å². The lowest BCUT2D eigenvalue weighted by Gasteiger charge is -2.67. The van der Waals surface area contributed by atoms with Crippen molar-refractivity contribution < 1.29 is 95.6 Å². The van der Waals surface area contributed by atoms with Crippen molar-refractivity contribution in [2.24, 2.45) is 11.3 Å². The molecule has 1 saturated heterocycles. The number of rotatable bonds is 9. The zero-order valence-electron chi connectivity index (χ0n) is 37.6. The van der Waals surface area contributed by atoms with Crippen molar-refractivity contribution in [2.75, 3.05) is 13.2 Å². The summed E-state index contributed by atoms with van der Waals surface area (Å²) in [5.41, 5.74) is -13.3. The molecule has 21 nitrogen and oxygen atoms in total. The number of ether oxygens (including phenoxy) is 10. The van der Waals surface area contributed by atoms with Gasteiger partial charge in [0.1, 0.15) is 42.0 Å². The van der Waals surface area contributed by atoms with E-state index in [2.05, 4.69) is 4.98 Å². The summed E-state index contributed by atoms with van der Waals surface area (Å²) in [4.78, 5) is 127. The van der Waals surface area contributed by atoms with E-state index >= 15 is 0 Å². The summed E-state index contributed by atoms with van der Waals surface area (Å²) in [6.07, 6.45) is -12.2. The second-order valence-electron chi connectivity index (χ2n) is 17.3. The van der Waals surface area contributed by atoms with Crippen LogP contribution in [0.15, 0.2) is 48.7 Å². The number of cyclic esters (lactones) is 1. The van der Waals surface area contributed by atoms with Crippen LogP contribution in [0.1, 0.15) is 95.1 Å². The van der Waals surface area contributed by atoms with Gasteiger partial charge in [0, 0.05) is 54.2 Å². The van der Waals surface area contributed by atoms with Crippen LogP contribution in [0.5, 0.6) is 0 Å². The van der Waals surface area contributed by atoms with Gasteiger partial charge in [-0.05, 0) is 51.5 Å². The molecule has 2 aliphatic heterocycles. The summed E-state index contributed by atoms with van der Waals surface area (Å²) in [6.45, 7) is 7.32. The van der Waals surface area contributed by atoms with Gasteiger partial charge in [-0.15, -0.1) is 0 Å². The molecule has 1 spiro atoms. The monoisotopic (exact) mass is 925 g/mol. The minimum absolute atomic E-state index is 0.0691. The number of hydrogen-bond acceptors (Lipinski definition) is 21. The fraction of sp³-hybridized carbons (Fsp3) is 0.556. The number of nitrogens with zero attached hydrogens (tertiary/aromatic N) is 1. The Morgan fingerprint density at radius 3 is 1.89 bits per heavy atom. The standard InChI is InChI=1S/C45H51NO20/c1-22(47)57-21-44-36(61-25(4)50)32(59-23(2)48)31-34(63-38(53)28-14-11-10-12-15-28)45(44)43(9,56)35(33(60-24(3)49)37(44)62-26(5)51)64-40(55)41(7,65-27(6)52)18-17-30-29(16-13-19-46-30)39(54)58-20-42(31,8)66-45/h10-16,19,31-37,56H,17-18,20-21H2,1-9H3/t31-,32?,33+,34-,35+,36-,37+,41?,42+,43+,44-,45+/m1/s1. The van der Waals surface area contributed by atoms with Gasteiger partial charge in [0.05, 0.1) is 22.7 Å². The Balaban J connectivity index is 1.82. The van der Waals surface area contributed by atoms with Crippen molar-refractivity contribution in [3.05, 3.63) is 65.5 Å². The van der Waals surface area contributed by atoms with Crippen LogP contribution in [0.2, 0.25) is 0 Å². The number of carbonyl (C=O) groups is 9. The zero-order valence-corrected chi connectivity index (χ0v) is 37.6. The number of aromatic nitrogens is 1. The third kappa shape index (κ3) is 8.44. The number of hydrogen-bond donors (Lipinski definition) is 1. The van der Waals surface area contributed by atoms with Gasteiger partial charge < -0.3 is 52.5 Å². The lowest BCUT2D eigenvalue weighted by molar-refractivity contribution is -0.386. The van der Waals surface area contributed by atoms with Crippen LogP contribution in [0.3, 0.4) is 0 Å². The summed E-state index contributed by atoms with van der Waals surface area (Å²) in [5.74, 6) is -11.6. The molecule has 2 aromatic rings. The van der Waals surface area contributed by atoms with E-state index in [0.29, 0.717) is 0 Å². The Morgan fingerprint density at radius 2 is 1.32 bits per heavy atom. The first-order valence-corrected chi connectivity index (χ1v) is 20.9. The van der Waals surface area contributed by atoms with Crippen molar-refractivity contribution in [1.29, 1.82) is 0 Å². The van der Waals surface area contributed by atoms with Gasteiger partial charge in [0.15, 0.2) is 30.0 Å². The Bertz CT molecular complexity index is 2310. The van der Waals surface area contributed by atoms with Crippen LogP contribution in [0.4, 0.5) is 0 Å². The minimum Gasteiger partial charge on any atom is -0.465 e. The normalized spacial score (nSPS) is 34.6. The molecule has 356 valence electrons. The summed E-state index contributed by atoms with van der Waals surface area (Å²) in [5, 5.41) is 13.8. The van der Waals surface area contributed by atoms with Crippen molar-refractivity contribution >= 4 is 53.7 Å².